The summed E-state index contributed by atoms with van der Waals surface area (Å²) in [7, 11) is 2.22. The van der Waals surface area contributed by atoms with Crippen molar-refractivity contribution in [1.29, 1.82) is 0 Å². The Balaban J connectivity index is 1.70. The van der Waals surface area contributed by atoms with Crippen molar-refractivity contribution in [3.05, 3.63) is 30.1 Å². The fourth-order valence-corrected chi connectivity index (χ4v) is 3.41. The van der Waals surface area contributed by atoms with E-state index >= 15 is 0 Å². The van der Waals surface area contributed by atoms with Gasteiger partial charge in [0.2, 0.25) is 0 Å². The van der Waals surface area contributed by atoms with Crippen LogP contribution in [0.1, 0.15) is 19.3 Å². The molecule has 1 heterocycles. The van der Waals surface area contributed by atoms with Crippen LogP contribution in [0.3, 0.4) is 0 Å². The molecule has 1 aromatic carbocycles. The van der Waals surface area contributed by atoms with Gasteiger partial charge >= 0.3 is 0 Å². The first-order chi connectivity index (χ1) is 9.25. The maximum atomic E-state index is 12.8. The first-order valence-electron chi connectivity index (χ1n) is 7.05. The van der Waals surface area contributed by atoms with Gasteiger partial charge in [0.05, 0.1) is 0 Å². The Morgan fingerprint density at radius 1 is 1.26 bits per heavy atom. The molecule has 1 aliphatic heterocycles. The highest BCUT2D eigenvalue weighted by molar-refractivity contribution is 7.99. The van der Waals surface area contributed by atoms with Gasteiger partial charge in [-0.1, -0.05) is 0 Å². The molecule has 1 aliphatic rings. The molecule has 19 heavy (non-hydrogen) atoms. The van der Waals surface area contributed by atoms with E-state index in [0.717, 1.165) is 30.3 Å². The molecule has 1 atom stereocenters. The molecular weight excluding hydrogens is 259 g/mol. The van der Waals surface area contributed by atoms with Crippen LogP contribution in [0, 0.1) is 5.82 Å². The summed E-state index contributed by atoms with van der Waals surface area (Å²) in [6, 6.07) is 7.49. The van der Waals surface area contributed by atoms with Crippen molar-refractivity contribution in [1.82, 2.24) is 10.2 Å². The second kappa shape index (κ2) is 7.88. The SMILES string of the molecule is CN(CCSc1ccc(F)cc1)C1CCCNCC1. The largest absolute Gasteiger partial charge is 0.317 e. The van der Waals surface area contributed by atoms with Crippen LogP contribution in [0.2, 0.25) is 0 Å². The number of thioether (sulfide) groups is 1. The van der Waals surface area contributed by atoms with Gasteiger partial charge in [0.25, 0.3) is 0 Å². The molecule has 2 nitrogen and oxygen atoms in total. The number of benzene rings is 1. The maximum Gasteiger partial charge on any atom is 0.123 e. The molecule has 0 aliphatic carbocycles. The third-order valence-electron chi connectivity index (χ3n) is 3.69. The van der Waals surface area contributed by atoms with E-state index in [1.54, 1.807) is 11.8 Å². The molecule has 0 amide bonds. The van der Waals surface area contributed by atoms with Crippen LogP contribution >= 0.6 is 11.8 Å². The minimum atomic E-state index is -0.160. The van der Waals surface area contributed by atoms with Gasteiger partial charge in [-0.2, -0.15) is 0 Å². The van der Waals surface area contributed by atoms with Gasteiger partial charge in [0.1, 0.15) is 5.82 Å². The van der Waals surface area contributed by atoms with E-state index in [1.165, 1.54) is 31.4 Å². The summed E-state index contributed by atoms with van der Waals surface area (Å²) in [5, 5.41) is 3.45. The first kappa shape index (κ1) is 14.8. The fraction of sp³-hybridized carbons (Fsp3) is 0.600. The molecule has 1 N–H and O–H groups in total. The van der Waals surface area contributed by atoms with E-state index < -0.39 is 0 Å². The molecule has 0 radical (unpaired) electrons. The predicted molar refractivity (Wildman–Crippen MR) is 80.3 cm³/mol. The Morgan fingerprint density at radius 3 is 2.84 bits per heavy atom. The zero-order valence-corrected chi connectivity index (χ0v) is 12.4. The minimum absolute atomic E-state index is 0.160. The summed E-state index contributed by atoms with van der Waals surface area (Å²) >= 11 is 1.80. The molecule has 1 fully saturated rings. The average Bonchev–Trinajstić information content (AvgIpc) is 2.70. The van der Waals surface area contributed by atoms with Crippen molar-refractivity contribution in [3.8, 4) is 0 Å². The quantitative estimate of drug-likeness (QED) is 0.836. The van der Waals surface area contributed by atoms with E-state index in [-0.39, 0.29) is 5.82 Å². The molecule has 1 aromatic rings. The first-order valence-corrected chi connectivity index (χ1v) is 8.03. The highest BCUT2D eigenvalue weighted by atomic mass is 32.2. The molecule has 0 spiro atoms. The fourth-order valence-electron chi connectivity index (χ4n) is 2.46. The van der Waals surface area contributed by atoms with Crippen molar-refractivity contribution < 1.29 is 4.39 Å². The van der Waals surface area contributed by atoms with Crippen molar-refractivity contribution >= 4 is 11.8 Å². The molecule has 0 bridgehead atoms. The van der Waals surface area contributed by atoms with Gasteiger partial charge in [-0.3, -0.25) is 0 Å². The Hall–Kier alpha value is -0.580. The van der Waals surface area contributed by atoms with Crippen LogP contribution in [-0.2, 0) is 0 Å². The van der Waals surface area contributed by atoms with Gasteiger partial charge in [-0.05, 0) is 63.7 Å². The molecule has 0 aromatic heterocycles. The summed E-state index contributed by atoms with van der Waals surface area (Å²) in [5.41, 5.74) is 0. The van der Waals surface area contributed by atoms with Gasteiger partial charge < -0.3 is 10.2 Å². The van der Waals surface area contributed by atoms with Crippen molar-refractivity contribution in [3.63, 3.8) is 0 Å². The standard InChI is InChI=1S/C15H23FN2S/c1-18(14-3-2-9-17-10-8-14)11-12-19-15-6-4-13(16)5-7-15/h4-7,14,17H,2-3,8-12H2,1H3. The van der Waals surface area contributed by atoms with E-state index in [9.17, 15) is 4.39 Å². The summed E-state index contributed by atoms with van der Waals surface area (Å²) in [4.78, 5) is 3.63. The molecule has 1 saturated heterocycles. The predicted octanol–water partition coefficient (Wildman–Crippen LogP) is 2.99. The monoisotopic (exact) mass is 282 g/mol. The van der Waals surface area contributed by atoms with E-state index in [2.05, 4.69) is 17.3 Å². The lowest BCUT2D eigenvalue weighted by Crippen LogP contribution is -2.34. The third kappa shape index (κ3) is 5.13. The highest BCUT2D eigenvalue weighted by Gasteiger charge is 2.16. The average molecular weight is 282 g/mol. The van der Waals surface area contributed by atoms with Crippen LogP contribution in [0.4, 0.5) is 4.39 Å². The minimum Gasteiger partial charge on any atom is -0.317 e. The van der Waals surface area contributed by atoms with E-state index in [1.807, 2.05) is 12.1 Å². The van der Waals surface area contributed by atoms with Crippen molar-refractivity contribution in [2.75, 3.05) is 32.4 Å². The molecule has 106 valence electrons. The lowest BCUT2D eigenvalue weighted by atomic mass is 10.1. The second-order valence-electron chi connectivity index (χ2n) is 5.12. The van der Waals surface area contributed by atoms with Crippen LogP contribution in [-0.4, -0.2) is 43.4 Å². The summed E-state index contributed by atoms with van der Waals surface area (Å²) in [6.07, 6.45) is 3.82. The molecule has 4 heteroatoms. The number of hydrogen-bond acceptors (Lipinski definition) is 3. The molecule has 2 rings (SSSR count). The smallest absolute Gasteiger partial charge is 0.123 e. The Bertz CT molecular complexity index is 361. The topological polar surface area (TPSA) is 15.3 Å². The number of hydrogen-bond donors (Lipinski definition) is 1. The lowest BCUT2D eigenvalue weighted by molar-refractivity contribution is 0.237. The Morgan fingerprint density at radius 2 is 2.05 bits per heavy atom. The molecule has 0 saturated carbocycles. The maximum absolute atomic E-state index is 12.8. The zero-order chi connectivity index (χ0) is 13.5. The lowest BCUT2D eigenvalue weighted by Gasteiger charge is -2.26. The highest BCUT2D eigenvalue weighted by Crippen LogP contribution is 2.19. The van der Waals surface area contributed by atoms with Crippen LogP contribution in [0.5, 0.6) is 0 Å². The number of nitrogens with zero attached hydrogens (tertiary/aromatic N) is 1. The van der Waals surface area contributed by atoms with Gasteiger partial charge in [0, 0.05) is 23.2 Å². The summed E-state index contributed by atoms with van der Waals surface area (Å²) in [5.74, 6) is 0.902. The Labute approximate surface area is 119 Å². The number of halogens is 1. The number of nitrogens with one attached hydrogen (secondary N) is 1. The van der Waals surface area contributed by atoms with Crippen LogP contribution < -0.4 is 5.32 Å². The summed E-state index contributed by atoms with van der Waals surface area (Å²) < 4.78 is 12.8. The summed E-state index contributed by atoms with van der Waals surface area (Å²) in [6.45, 7) is 3.39. The number of rotatable bonds is 5. The second-order valence-corrected chi connectivity index (χ2v) is 6.29. The van der Waals surface area contributed by atoms with Crippen molar-refractivity contribution in [2.45, 2.75) is 30.2 Å². The van der Waals surface area contributed by atoms with Gasteiger partial charge in [-0.25, -0.2) is 4.39 Å². The molecular formula is C15H23FN2S. The van der Waals surface area contributed by atoms with Gasteiger partial charge in [0.15, 0.2) is 0 Å². The van der Waals surface area contributed by atoms with Gasteiger partial charge in [-0.15, -0.1) is 11.8 Å². The van der Waals surface area contributed by atoms with E-state index in [0.29, 0.717) is 6.04 Å². The van der Waals surface area contributed by atoms with Crippen LogP contribution in [0.25, 0.3) is 0 Å². The third-order valence-corrected chi connectivity index (χ3v) is 4.69. The van der Waals surface area contributed by atoms with Crippen molar-refractivity contribution in [2.24, 2.45) is 0 Å². The molecule has 1 unspecified atom stereocenters. The Kier molecular flexibility index (Phi) is 6.14. The normalized spacial score (nSPS) is 20.5. The van der Waals surface area contributed by atoms with E-state index in [4.69, 9.17) is 0 Å². The zero-order valence-electron chi connectivity index (χ0n) is 11.6. The van der Waals surface area contributed by atoms with Crippen LogP contribution in [0.15, 0.2) is 29.2 Å².